The largest absolute Gasteiger partial charge is 0.466 e. The van der Waals surface area contributed by atoms with Gasteiger partial charge in [-0.25, -0.2) is 9.78 Å². The normalized spacial score (nSPS) is 10.6. The van der Waals surface area contributed by atoms with Crippen molar-refractivity contribution in [1.29, 1.82) is 0 Å². The fraction of sp³-hybridized carbons (Fsp3) is 0.214. The molecule has 0 aliphatic carbocycles. The summed E-state index contributed by atoms with van der Waals surface area (Å²) in [7, 11) is 0. The summed E-state index contributed by atoms with van der Waals surface area (Å²) < 4.78 is 15.9. The van der Waals surface area contributed by atoms with Gasteiger partial charge in [-0.2, -0.15) is 0 Å². The van der Waals surface area contributed by atoms with E-state index in [9.17, 15) is 4.79 Å². The van der Waals surface area contributed by atoms with Crippen LogP contribution in [0.5, 0.6) is 0 Å². The molecular weight excluding hydrogens is 288 g/mol. The molecule has 3 heterocycles. The van der Waals surface area contributed by atoms with Crippen molar-refractivity contribution < 1.29 is 18.4 Å². The minimum absolute atomic E-state index is 0.114. The topological polar surface area (TPSA) is 104 Å². The lowest BCUT2D eigenvalue weighted by molar-refractivity contribution is 0.0431. The monoisotopic (exact) mass is 300 g/mol. The number of carbonyl (C=O) groups excluding carboxylic acids is 1. The molecule has 8 heteroatoms. The molecule has 0 aromatic carbocycles. The third-order valence-electron chi connectivity index (χ3n) is 2.84. The number of nitrogens with zero attached hydrogens (tertiary/aromatic N) is 4. The van der Waals surface area contributed by atoms with E-state index in [1.807, 2.05) is 6.92 Å². The van der Waals surface area contributed by atoms with Gasteiger partial charge in [-0.1, -0.05) is 0 Å². The summed E-state index contributed by atoms with van der Waals surface area (Å²) in [5.41, 5.74) is 0.833. The number of esters is 1. The van der Waals surface area contributed by atoms with Gasteiger partial charge >= 0.3 is 5.97 Å². The molecule has 0 saturated heterocycles. The van der Waals surface area contributed by atoms with E-state index in [1.54, 1.807) is 13.0 Å². The summed E-state index contributed by atoms with van der Waals surface area (Å²) in [6.45, 7) is 3.50. The molecule has 0 spiro atoms. The smallest absolute Gasteiger partial charge is 0.359 e. The van der Waals surface area contributed by atoms with E-state index in [0.717, 1.165) is 11.3 Å². The Kier molecular flexibility index (Phi) is 3.65. The van der Waals surface area contributed by atoms with Gasteiger partial charge in [-0.05, 0) is 19.9 Å². The first-order valence-electron chi connectivity index (χ1n) is 6.46. The quantitative estimate of drug-likeness (QED) is 0.674. The van der Waals surface area contributed by atoms with Crippen LogP contribution in [0.2, 0.25) is 0 Å². The van der Waals surface area contributed by atoms with Gasteiger partial charge in [-0.15, -0.1) is 10.2 Å². The molecule has 0 atom stereocenters. The fourth-order valence-electron chi connectivity index (χ4n) is 1.87. The second kappa shape index (κ2) is 5.76. The van der Waals surface area contributed by atoms with Crippen LogP contribution in [-0.4, -0.2) is 26.1 Å². The number of aromatic nitrogens is 4. The Bertz CT molecular complexity index is 794. The van der Waals surface area contributed by atoms with Gasteiger partial charge in [0, 0.05) is 12.4 Å². The predicted octanol–water partition coefficient (Wildman–Crippen LogP) is 2.09. The van der Waals surface area contributed by atoms with Crippen LogP contribution in [0.4, 0.5) is 0 Å². The molecule has 0 N–H and O–H groups in total. The van der Waals surface area contributed by atoms with Crippen molar-refractivity contribution in [1.82, 2.24) is 20.2 Å². The number of furan rings is 1. The first-order chi connectivity index (χ1) is 10.6. The molecule has 3 rings (SSSR count). The highest BCUT2D eigenvalue weighted by Crippen LogP contribution is 2.25. The summed E-state index contributed by atoms with van der Waals surface area (Å²) >= 11 is 0. The summed E-state index contributed by atoms with van der Waals surface area (Å²) in [6.07, 6.45) is 4.20. The first kappa shape index (κ1) is 13.9. The Morgan fingerprint density at radius 2 is 2.09 bits per heavy atom. The van der Waals surface area contributed by atoms with E-state index >= 15 is 0 Å². The fourth-order valence-corrected chi connectivity index (χ4v) is 1.87. The molecule has 0 fully saturated rings. The molecule has 0 aliphatic heterocycles. The number of rotatable bonds is 4. The van der Waals surface area contributed by atoms with E-state index in [1.165, 1.54) is 18.6 Å². The van der Waals surface area contributed by atoms with Crippen molar-refractivity contribution in [2.24, 2.45) is 0 Å². The van der Waals surface area contributed by atoms with Gasteiger partial charge in [-0.3, -0.25) is 4.98 Å². The van der Waals surface area contributed by atoms with Crippen molar-refractivity contribution >= 4 is 5.97 Å². The van der Waals surface area contributed by atoms with Gasteiger partial charge in [0.2, 0.25) is 0 Å². The zero-order chi connectivity index (χ0) is 15.5. The van der Waals surface area contributed by atoms with Crippen molar-refractivity contribution in [2.75, 3.05) is 0 Å². The molecule has 3 aromatic rings. The zero-order valence-corrected chi connectivity index (χ0v) is 11.9. The number of ether oxygens (including phenoxy) is 1. The van der Waals surface area contributed by atoms with Crippen LogP contribution in [0.15, 0.2) is 33.5 Å². The summed E-state index contributed by atoms with van der Waals surface area (Å²) in [4.78, 5) is 19.4. The molecular formula is C14H12N4O4. The maximum Gasteiger partial charge on any atom is 0.359 e. The van der Waals surface area contributed by atoms with Crippen molar-refractivity contribution in [2.45, 2.75) is 20.5 Å². The second-order valence-corrected chi connectivity index (χ2v) is 4.49. The van der Waals surface area contributed by atoms with E-state index in [0.29, 0.717) is 11.7 Å². The standard InChI is InChI=1S/C14H12N4O4/c1-8-5-10(9(2)21-8)13-18-17-12(22-13)7-20-14(19)11-6-15-3-4-16-11/h3-6H,7H2,1-2H3. The molecule has 0 bridgehead atoms. The molecule has 112 valence electrons. The second-order valence-electron chi connectivity index (χ2n) is 4.49. The third-order valence-corrected chi connectivity index (χ3v) is 2.84. The van der Waals surface area contributed by atoms with Gasteiger partial charge in [0.05, 0.1) is 11.8 Å². The maximum absolute atomic E-state index is 11.7. The first-order valence-corrected chi connectivity index (χ1v) is 6.46. The van der Waals surface area contributed by atoms with Crippen LogP contribution in [0, 0.1) is 13.8 Å². The third kappa shape index (κ3) is 2.85. The lowest BCUT2D eigenvalue weighted by atomic mass is 10.2. The summed E-state index contributed by atoms with van der Waals surface area (Å²) in [6, 6.07) is 1.80. The van der Waals surface area contributed by atoms with Gasteiger partial charge < -0.3 is 13.6 Å². The number of aryl methyl sites for hydroxylation is 2. The Labute approximate surface area is 125 Å². The average molecular weight is 300 g/mol. The lowest BCUT2D eigenvalue weighted by Crippen LogP contribution is -2.07. The molecule has 22 heavy (non-hydrogen) atoms. The Hall–Kier alpha value is -3.03. The van der Waals surface area contributed by atoms with Crippen LogP contribution in [0.1, 0.15) is 27.9 Å². The lowest BCUT2D eigenvalue weighted by Gasteiger charge is -1.99. The van der Waals surface area contributed by atoms with Crippen LogP contribution in [0.3, 0.4) is 0 Å². The highest BCUT2D eigenvalue weighted by atomic mass is 16.5. The Balaban J connectivity index is 1.68. The average Bonchev–Trinajstić information content (AvgIpc) is 3.12. The van der Waals surface area contributed by atoms with Crippen LogP contribution in [0.25, 0.3) is 11.5 Å². The summed E-state index contributed by atoms with van der Waals surface area (Å²) in [5, 5.41) is 7.75. The predicted molar refractivity (Wildman–Crippen MR) is 72.6 cm³/mol. The summed E-state index contributed by atoms with van der Waals surface area (Å²) in [5.74, 6) is 1.33. The van der Waals surface area contributed by atoms with Crippen molar-refractivity contribution in [3.63, 3.8) is 0 Å². The van der Waals surface area contributed by atoms with Gasteiger partial charge in [0.1, 0.15) is 11.5 Å². The molecule has 8 nitrogen and oxygen atoms in total. The van der Waals surface area contributed by atoms with Gasteiger partial charge in [0.15, 0.2) is 12.3 Å². The van der Waals surface area contributed by atoms with Crippen LogP contribution >= 0.6 is 0 Å². The van der Waals surface area contributed by atoms with E-state index < -0.39 is 5.97 Å². The molecule has 0 aliphatic rings. The number of hydrogen-bond acceptors (Lipinski definition) is 8. The molecule has 3 aromatic heterocycles. The molecule has 0 radical (unpaired) electrons. The molecule has 0 unspecified atom stereocenters. The Morgan fingerprint density at radius 3 is 2.77 bits per heavy atom. The molecule has 0 amide bonds. The molecule has 0 saturated carbocycles. The maximum atomic E-state index is 11.7. The van der Waals surface area contributed by atoms with Crippen LogP contribution < -0.4 is 0 Å². The van der Waals surface area contributed by atoms with Crippen LogP contribution in [-0.2, 0) is 11.3 Å². The van der Waals surface area contributed by atoms with E-state index in [2.05, 4.69) is 20.2 Å². The van der Waals surface area contributed by atoms with E-state index in [4.69, 9.17) is 13.6 Å². The zero-order valence-electron chi connectivity index (χ0n) is 11.9. The highest BCUT2D eigenvalue weighted by Gasteiger charge is 2.16. The highest BCUT2D eigenvalue weighted by molar-refractivity contribution is 5.86. The SMILES string of the molecule is Cc1cc(-c2nnc(COC(=O)c3cnccn3)o2)c(C)o1. The van der Waals surface area contributed by atoms with E-state index in [-0.39, 0.29) is 18.2 Å². The minimum atomic E-state index is -0.608. The number of carbonyl (C=O) groups is 1. The number of hydrogen-bond donors (Lipinski definition) is 0. The Morgan fingerprint density at radius 1 is 1.23 bits per heavy atom. The minimum Gasteiger partial charge on any atom is -0.466 e. The van der Waals surface area contributed by atoms with Crippen molar-refractivity contribution in [3.05, 3.63) is 47.8 Å². The van der Waals surface area contributed by atoms with Gasteiger partial charge in [0.25, 0.3) is 11.8 Å². The van der Waals surface area contributed by atoms with Crippen molar-refractivity contribution in [3.8, 4) is 11.5 Å².